The van der Waals surface area contributed by atoms with Gasteiger partial charge in [-0.15, -0.1) is 11.8 Å². The highest BCUT2D eigenvalue weighted by Gasteiger charge is 2.40. The van der Waals surface area contributed by atoms with Crippen molar-refractivity contribution in [2.45, 2.75) is 16.6 Å². The van der Waals surface area contributed by atoms with E-state index in [4.69, 9.17) is 0 Å². The second kappa shape index (κ2) is 15.5. The number of benzene rings is 5. The zero-order valence-electron chi connectivity index (χ0n) is 25.8. The number of halogens is 1. The van der Waals surface area contributed by atoms with Crippen molar-refractivity contribution in [1.82, 2.24) is 5.32 Å². The molecule has 242 valence electrons. The average Bonchev–Trinajstić information content (AvgIpc) is 3.41. The molecule has 0 saturated carbocycles. The van der Waals surface area contributed by atoms with E-state index in [0.717, 1.165) is 20.6 Å². The zero-order valence-corrected chi connectivity index (χ0v) is 28.2. The normalized spacial score (nSPS) is 14.7. The van der Waals surface area contributed by atoms with Crippen LogP contribution in [-0.2, 0) is 14.4 Å². The molecule has 1 aliphatic heterocycles. The van der Waals surface area contributed by atoms with Crippen molar-refractivity contribution in [3.8, 4) is 0 Å². The van der Waals surface area contributed by atoms with E-state index in [0.29, 0.717) is 22.6 Å². The molecule has 9 nitrogen and oxygen atoms in total. The van der Waals surface area contributed by atoms with Crippen molar-refractivity contribution in [2.75, 3.05) is 10.2 Å². The van der Waals surface area contributed by atoms with E-state index in [-0.39, 0.29) is 23.9 Å². The summed E-state index contributed by atoms with van der Waals surface area (Å²) in [5.74, 6) is -1.51. The highest BCUT2D eigenvalue weighted by Crippen LogP contribution is 2.35. The van der Waals surface area contributed by atoms with Gasteiger partial charge >= 0.3 is 0 Å². The monoisotopic (exact) mass is 729 g/mol. The van der Waals surface area contributed by atoms with Gasteiger partial charge in [0.2, 0.25) is 11.8 Å². The maximum atomic E-state index is 13.4. The minimum Gasteiger partial charge on any atom is -0.321 e. The van der Waals surface area contributed by atoms with E-state index in [1.807, 2.05) is 54.6 Å². The van der Waals surface area contributed by atoms with Crippen LogP contribution >= 0.6 is 27.7 Å². The van der Waals surface area contributed by atoms with Crippen molar-refractivity contribution in [3.63, 3.8) is 0 Å². The molecule has 0 radical (unpaired) electrons. The van der Waals surface area contributed by atoms with Crippen LogP contribution in [-0.4, -0.2) is 28.9 Å². The molecule has 5 aromatic rings. The molecule has 1 fully saturated rings. The van der Waals surface area contributed by atoms with Crippen molar-refractivity contribution in [2.24, 2.45) is 10.2 Å². The van der Waals surface area contributed by atoms with E-state index in [1.54, 1.807) is 84.9 Å². The van der Waals surface area contributed by atoms with E-state index in [2.05, 4.69) is 36.8 Å². The van der Waals surface area contributed by atoms with E-state index >= 15 is 0 Å². The number of hydrogen-bond acceptors (Lipinski definition) is 7. The number of thioether (sulfide) groups is 1. The third-order valence-corrected chi connectivity index (χ3v) is 9.08. The Labute approximate surface area is 295 Å². The van der Waals surface area contributed by atoms with Crippen molar-refractivity contribution in [3.05, 3.63) is 155 Å². The predicted octanol–water partition coefficient (Wildman–Crippen LogP) is 8.70. The van der Waals surface area contributed by atoms with Gasteiger partial charge in [-0.25, -0.2) is 4.90 Å². The zero-order chi connectivity index (χ0) is 34.2. The molecule has 1 heterocycles. The van der Waals surface area contributed by atoms with Crippen LogP contribution in [0.15, 0.2) is 159 Å². The molecular weight excluding hydrogens is 702 g/mol. The molecular formula is C38H28BrN5O4S. The SMILES string of the molecule is O=C(Nc1ccc(SC2CC(=O)N(c3ccc(N=Nc4ccccc4)cc3)C2=O)cc1)/C(=C/c1ccc(Br)cc1)NC(=O)c1ccccc1. The first-order chi connectivity index (χ1) is 23.8. The maximum Gasteiger partial charge on any atom is 0.272 e. The Morgan fingerprint density at radius 3 is 2.02 bits per heavy atom. The van der Waals surface area contributed by atoms with Gasteiger partial charge in [-0.05, 0) is 96.6 Å². The summed E-state index contributed by atoms with van der Waals surface area (Å²) in [5.41, 5.74) is 3.49. The molecule has 2 N–H and O–H groups in total. The molecule has 49 heavy (non-hydrogen) atoms. The van der Waals surface area contributed by atoms with Crippen molar-refractivity contribution < 1.29 is 19.2 Å². The summed E-state index contributed by atoms with van der Waals surface area (Å²) in [4.78, 5) is 54.5. The molecule has 11 heteroatoms. The van der Waals surface area contributed by atoms with Crippen molar-refractivity contribution >= 4 is 80.1 Å². The minimum absolute atomic E-state index is 0.0583. The van der Waals surface area contributed by atoms with Crippen molar-refractivity contribution in [1.29, 1.82) is 0 Å². The molecule has 4 amide bonds. The first-order valence-corrected chi connectivity index (χ1v) is 16.8. The number of carbonyl (C=O) groups is 4. The summed E-state index contributed by atoms with van der Waals surface area (Å²) >= 11 is 4.69. The Hall–Kier alpha value is -5.65. The van der Waals surface area contributed by atoms with Crippen LogP contribution in [0.5, 0.6) is 0 Å². The molecule has 1 atom stereocenters. The second-order valence-electron chi connectivity index (χ2n) is 10.8. The Morgan fingerprint density at radius 2 is 1.37 bits per heavy atom. The number of hydrogen-bond donors (Lipinski definition) is 2. The number of carbonyl (C=O) groups excluding carboxylic acids is 4. The third kappa shape index (κ3) is 8.64. The van der Waals surface area contributed by atoms with Crippen LogP contribution < -0.4 is 15.5 Å². The summed E-state index contributed by atoms with van der Waals surface area (Å²) in [6.45, 7) is 0. The number of nitrogens with zero attached hydrogens (tertiary/aromatic N) is 3. The Bertz CT molecular complexity index is 2040. The van der Waals surface area contributed by atoms with Gasteiger partial charge in [-0.1, -0.05) is 64.5 Å². The van der Waals surface area contributed by atoms with E-state index < -0.39 is 17.1 Å². The molecule has 0 aromatic heterocycles. The summed E-state index contributed by atoms with van der Waals surface area (Å²) in [7, 11) is 0. The lowest BCUT2D eigenvalue weighted by atomic mass is 10.1. The number of rotatable bonds is 10. The Kier molecular flexibility index (Phi) is 10.5. The van der Waals surface area contributed by atoms with Gasteiger partial charge in [-0.2, -0.15) is 10.2 Å². The third-order valence-electron chi connectivity index (χ3n) is 7.35. The number of imide groups is 1. The molecule has 0 spiro atoms. The standard InChI is InChI=1S/C38H28BrN5O4S/c39-27-13-11-25(12-14-27)23-33(41-36(46)26-7-3-1-4-8-26)37(47)40-28-17-21-32(22-18-28)49-34-24-35(45)44(38(34)48)31-19-15-30(16-20-31)43-42-29-9-5-2-6-10-29/h1-23,34H,24H2,(H,40,47)(H,41,46)/b33-23-,43-42?. The second-order valence-corrected chi connectivity index (χ2v) is 13.0. The van der Waals surface area contributed by atoms with E-state index in [9.17, 15) is 19.2 Å². The fraction of sp³-hybridized carbons (Fsp3) is 0.0526. The maximum absolute atomic E-state index is 13.4. The molecule has 1 saturated heterocycles. The first kappa shape index (κ1) is 33.3. The summed E-state index contributed by atoms with van der Waals surface area (Å²) in [6, 6.07) is 39.0. The topological polar surface area (TPSA) is 120 Å². The molecule has 1 unspecified atom stereocenters. The molecule has 0 bridgehead atoms. The fourth-order valence-corrected chi connectivity index (χ4v) is 6.21. The Balaban J connectivity index is 1.09. The van der Waals surface area contributed by atoms with Crippen LogP contribution in [0.3, 0.4) is 0 Å². The van der Waals surface area contributed by atoms with Gasteiger partial charge in [0.1, 0.15) is 5.70 Å². The van der Waals surface area contributed by atoms with Crippen LogP contribution in [0.2, 0.25) is 0 Å². The highest BCUT2D eigenvalue weighted by molar-refractivity contribution is 9.10. The summed E-state index contributed by atoms with van der Waals surface area (Å²) in [6.07, 6.45) is 1.66. The molecule has 0 aliphatic carbocycles. The Morgan fingerprint density at radius 1 is 0.755 bits per heavy atom. The van der Waals surface area contributed by atoms with Gasteiger partial charge in [0, 0.05) is 27.0 Å². The highest BCUT2D eigenvalue weighted by atomic mass is 79.9. The summed E-state index contributed by atoms with van der Waals surface area (Å²) < 4.78 is 0.884. The number of azo groups is 1. The quantitative estimate of drug-likeness (QED) is 0.0847. The van der Waals surface area contributed by atoms with Gasteiger partial charge in [0.05, 0.1) is 22.3 Å². The molecule has 6 rings (SSSR count). The van der Waals surface area contributed by atoms with Crippen LogP contribution in [0.1, 0.15) is 22.3 Å². The number of anilines is 2. The summed E-state index contributed by atoms with van der Waals surface area (Å²) in [5, 5.41) is 13.4. The fourth-order valence-electron chi connectivity index (χ4n) is 4.89. The van der Waals surface area contributed by atoms with Gasteiger partial charge in [-0.3, -0.25) is 19.2 Å². The number of nitrogens with one attached hydrogen (secondary N) is 2. The lowest BCUT2D eigenvalue weighted by Crippen LogP contribution is -2.31. The molecule has 5 aromatic carbocycles. The van der Waals surface area contributed by atoms with Gasteiger partial charge < -0.3 is 10.6 Å². The first-order valence-electron chi connectivity index (χ1n) is 15.2. The van der Waals surface area contributed by atoms with E-state index in [1.165, 1.54) is 16.7 Å². The average molecular weight is 731 g/mol. The predicted molar refractivity (Wildman–Crippen MR) is 195 cm³/mol. The smallest absolute Gasteiger partial charge is 0.272 e. The van der Waals surface area contributed by atoms with Gasteiger partial charge in [0.25, 0.3) is 11.8 Å². The largest absolute Gasteiger partial charge is 0.321 e. The van der Waals surface area contributed by atoms with Gasteiger partial charge in [0.15, 0.2) is 0 Å². The lowest BCUT2D eigenvalue weighted by molar-refractivity contribution is -0.121. The van der Waals surface area contributed by atoms with Crippen LogP contribution in [0.4, 0.5) is 22.7 Å². The number of amides is 4. The van der Waals surface area contributed by atoms with Crippen LogP contribution in [0, 0.1) is 0 Å². The lowest BCUT2D eigenvalue weighted by Gasteiger charge is -2.15. The minimum atomic E-state index is -0.598. The van der Waals surface area contributed by atoms with Crippen LogP contribution in [0.25, 0.3) is 6.08 Å². The molecule has 1 aliphatic rings.